The van der Waals surface area contributed by atoms with Crippen molar-refractivity contribution in [3.8, 4) is 0 Å². The number of hydrogen-bond acceptors (Lipinski definition) is 2. The molecule has 0 spiro atoms. The van der Waals surface area contributed by atoms with Crippen molar-refractivity contribution in [1.82, 2.24) is 5.32 Å². The molecule has 1 saturated carbocycles. The molecule has 3 N–H and O–H groups in total. The summed E-state index contributed by atoms with van der Waals surface area (Å²) in [5.41, 5.74) is 6.54. The van der Waals surface area contributed by atoms with Gasteiger partial charge in [0.25, 0.3) is 0 Å². The molecule has 1 fully saturated rings. The monoisotopic (exact) mass is 326 g/mol. The number of primary amides is 1. The minimum absolute atomic E-state index is 0.108. The lowest BCUT2D eigenvalue weighted by molar-refractivity contribution is -0.130. The van der Waals surface area contributed by atoms with Gasteiger partial charge in [-0.1, -0.05) is 30.7 Å². The van der Waals surface area contributed by atoms with E-state index in [1.807, 2.05) is 6.07 Å². The lowest BCUT2D eigenvalue weighted by Crippen LogP contribution is -2.49. The Bertz CT molecular complexity index is 784. The topological polar surface area (TPSA) is 72.2 Å². The van der Waals surface area contributed by atoms with E-state index in [0.717, 1.165) is 17.5 Å². The number of carbonyl (C=O) groups is 2. The summed E-state index contributed by atoms with van der Waals surface area (Å²) in [6.07, 6.45) is 2.37. The second-order valence-corrected chi connectivity index (χ2v) is 6.19. The van der Waals surface area contributed by atoms with Gasteiger partial charge in [-0.15, -0.1) is 0 Å². The van der Waals surface area contributed by atoms with Gasteiger partial charge in [-0.2, -0.15) is 0 Å². The third-order valence-corrected chi connectivity index (χ3v) is 4.68. The summed E-state index contributed by atoms with van der Waals surface area (Å²) in [7, 11) is 0. The van der Waals surface area contributed by atoms with Crippen molar-refractivity contribution >= 4 is 11.8 Å². The Morgan fingerprint density at radius 2 is 1.88 bits per heavy atom. The number of amides is 2. The standard InChI is InChI=1S/C19H19FN2O2/c20-16-7-2-6-15(11-16)19(8-3-9-19)18(24)22-12-13-4-1-5-14(10-13)17(21)23/h1-2,4-7,10-11H,3,8-9,12H2,(H2,21,23)(H,22,24). The third kappa shape index (κ3) is 3.02. The Morgan fingerprint density at radius 3 is 2.50 bits per heavy atom. The van der Waals surface area contributed by atoms with Crippen LogP contribution in [-0.4, -0.2) is 11.8 Å². The summed E-state index contributed by atoms with van der Waals surface area (Å²) in [6.45, 7) is 0.303. The molecule has 124 valence electrons. The molecule has 1 aliphatic rings. The van der Waals surface area contributed by atoms with Gasteiger partial charge in [0.05, 0.1) is 5.41 Å². The number of nitrogens with one attached hydrogen (secondary N) is 1. The van der Waals surface area contributed by atoms with Crippen molar-refractivity contribution in [1.29, 1.82) is 0 Å². The molecule has 4 nitrogen and oxygen atoms in total. The molecule has 24 heavy (non-hydrogen) atoms. The smallest absolute Gasteiger partial charge is 0.248 e. The predicted octanol–water partition coefficient (Wildman–Crippen LogP) is 2.66. The van der Waals surface area contributed by atoms with Crippen LogP contribution in [0.2, 0.25) is 0 Å². The maximum absolute atomic E-state index is 13.5. The Hall–Kier alpha value is -2.69. The fourth-order valence-corrected chi connectivity index (χ4v) is 3.15. The van der Waals surface area contributed by atoms with Crippen LogP contribution in [0.15, 0.2) is 48.5 Å². The van der Waals surface area contributed by atoms with E-state index >= 15 is 0 Å². The molecular weight excluding hydrogens is 307 g/mol. The van der Waals surface area contributed by atoms with Crippen LogP contribution in [0.1, 0.15) is 40.7 Å². The highest BCUT2D eigenvalue weighted by molar-refractivity contribution is 5.93. The summed E-state index contributed by atoms with van der Waals surface area (Å²) in [5, 5.41) is 2.91. The molecule has 0 aromatic heterocycles. The summed E-state index contributed by atoms with van der Waals surface area (Å²) in [4.78, 5) is 23.9. The van der Waals surface area contributed by atoms with Crippen LogP contribution in [0.5, 0.6) is 0 Å². The zero-order valence-corrected chi connectivity index (χ0v) is 13.2. The predicted molar refractivity (Wildman–Crippen MR) is 88.7 cm³/mol. The number of benzene rings is 2. The Labute approximate surface area is 139 Å². The Kier molecular flexibility index (Phi) is 4.34. The fraction of sp³-hybridized carbons (Fsp3) is 0.263. The van der Waals surface area contributed by atoms with Crippen molar-refractivity contribution in [3.05, 3.63) is 71.0 Å². The first-order valence-corrected chi connectivity index (χ1v) is 7.94. The van der Waals surface area contributed by atoms with Crippen LogP contribution in [0.25, 0.3) is 0 Å². The first kappa shape index (κ1) is 16.2. The molecule has 5 heteroatoms. The van der Waals surface area contributed by atoms with Crippen molar-refractivity contribution in [2.45, 2.75) is 31.2 Å². The van der Waals surface area contributed by atoms with E-state index in [2.05, 4.69) is 5.32 Å². The SMILES string of the molecule is NC(=O)c1cccc(CNC(=O)C2(c3cccc(F)c3)CCC2)c1. The van der Waals surface area contributed by atoms with Gasteiger partial charge >= 0.3 is 0 Å². The highest BCUT2D eigenvalue weighted by Crippen LogP contribution is 2.44. The summed E-state index contributed by atoms with van der Waals surface area (Å²) in [6, 6.07) is 13.1. The maximum atomic E-state index is 13.5. The Morgan fingerprint density at radius 1 is 1.12 bits per heavy atom. The van der Waals surface area contributed by atoms with Crippen LogP contribution in [0.3, 0.4) is 0 Å². The molecule has 0 heterocycles. The van der Waals surface area contributed by atoms with Gasteiger partial charge in [0, 0.05) is 12.1 Å². The molecule has 0 aliphatic heterocycles. The van der Waals surface area contributed by atoms with E-state index in [1.165, 1.54) is 12.1 Å². The number of rotatable bonds is 5. The van der Waals surface area contributed by atoms with Crippen LogP contribution < -0.4 is 11.1 Å². The highest BCUT2D eigenvalue weighted by atomic mass is 19.1. The molecule has 0 unspecified atom stereocenters. The molecule has 2 amide bonds. The molecule has 3 rings (SSSR count). The summed E-state index contributed by atoms with van der Waals surface area (Å²) in [5.74, 6) is -0.942. The molecule has 0 saturated heterocycles. The number of carbonyl (C=O) groups excluding carboxylic acids is 2. The van der Waals surface area contributed by atoms with E-state index in [0.29, 0.717) is 24.9 Å². The van der Waals surface area contributed by atoms with Crippen molar-refractivity contribution < 1.29 is 14.0 Å². The molecule has 2 aromatic carbocycles. The molecule has 1 aliphatic carbocycles. The van der Waals surface area contributed by atoms with Crippen LogP contribution in [-0.2, 0) is 16.8 Å². The lowest BCUT2D eigenvalue weighted by atomic mass is 9.64. The van der Waals surface area contributed by atoms with E-state index in [4.69, 9.17) is 5.73 Å². The van der Waals surface area contributed by atoms with Gasteiger partial charge in [-0.05, 0) is 48.2 Å². The largest absolute Gasteiger partial charge is 0.366 e. The molecular formula is C19H19FN2O2. The minimum atomic E-state index is -0.649. The second-order valence-electron chi connectivity index (χ2n) is 6.19. The third-order valence-electron chi connectivity index (χ3n) is 4.68. The number of nitrogens with two attached hydrogens (primary N) is 1. The number of halogens is 1. The maximum Gasteiger partial charge on any atom is 0.248 e. The van der Waals surface area contributed by atoms with E-state index in [1.54, 1.807) is 30.3 Å². The second kappa shape index (κ2) is 6.43. The summed E-state index contributed by atoms with van der Waals surface area (Å²) >= 11 is 0. The van der Waals surface area contributed by atoms with Gasteiger partial charge in [0.15, 0.2) is 0 Å². The zero-order valence-electron chi connectivity index (χ0n) is 13.2. The normalized spacial score (nSPS) is 15.4. The van der Waals surface area contributed by atoms with Crippen molar-refractivity contribution in [2.75, 3.05) is 0 Å². The quantitative estimate of drug-likeness (QED) is 0.886. The first-order chi connectivity index (χ1) is 11.5. The van der Waals surface area contributed by atoms with Crippen molar-refractivity contribution in [2.24, 2.45) is 5.73 Å². The highest BCUT2D eigenvalue weighted by Gasteiger charge is 2.45. The number of hydrogen-bond donors (Lipinski definition) is 2. The van der Waals surface area contributed by atoms with Crippen LogP contribution >= 0.6 is 0 Å². The van der Waals surface area contributed by atoms with Gasteiger partial charge in [-0.25, -0.2) is 4.39 Å². The molecule has 0 atom stereocenters. The Balaban J connectivity index is 1.74. The van der Waals surface area contributed by atoms with Crippen molar-refractivity contribution in [3.63, 3.8) is 0 Å². The van der Waals surface area contributed by atoms with Crippen LogP contribution in [0, 0.1) is 5.82 Å². The molecule has 0 radical (unpaired) electrons. The average Bonchev–Trinajstić information content (AvgIpc) is 2.52. The fourth-order valence-electron chi connectivity index (χ4n) is 3.15. The van der Waals surface area contributed by atoms with E-state index in [9.17, 15) is 14.0 Å². The lowest BCUT2D eigenvalue weighted by Gasteiger charge is -2.40. The van der Waals surface area contributed by atoms with Gasteiger partial charge in [0.2, 0.25) is 11.8 Å². The van der Waals surface area contributed by atoms with Crippen LogP contribution in [0.4, 0.5) is 4.39 Å². The average molecular weight is 326 g/mol. The first-order valence-electron chi connectivity index (χ1n) is 7.94. The van der Waals surface area contributed by atoms with Gasteiger partial charge in [-0.3, -0.25) is 9.59 Å². The minimum Gasteiger partial charge on any atom is -0.366 e. The zero-order chi connectivity index (χ0) is 17.2. The molecule has 2 aromatic rings. The van der Waals surface area contributed by atoms with E-state index < -0.39 is 11.3 Å². The molecule has 0 bridgehead atoms. The van der Waals surface area contributed by atoms with E-state index in [-0.39, 0.29) is 11.7 Å². The summed E-state index contributed by atoms with van der Waals surface area (Å²) < 4.78 is 13.5. The van der Waals surface area contributed by atoms with Gasteiger partial charge in [0.1, 0.15) is 5.82 Å². The van der Waals surface area contributed by atoms with Gasteiger partial charge < -0.3 is 11.1 Å².